The monoisotopic (exact) mass is 106 g/mol. The fourth-order valence-electron chi connectivity index (χ4n) is 0.294. The molecule has 0 amide bonds. The molecule has 0 aliphatic carbocycles. The molecule has 0 unspecified atom stereocenters. The molecule has 0 heterocycles. The molecule has 0 rings (SSSR count). The van der Waals surface area contributed by atoms with Gasteiger partial charge in [-0.05, 0) is 25.2 Å². The Kier molecular flexibility index (Phi) is 5.45. The molecule has 0 nitrogen and oxygen atoms in total. The number of unbranched alkanes of at least 4 members (excludes halogenated alkanes) is 1. The molecule has 0 radical (unpaired) electrons. The third kappa shape index (κ3) is 5.12. The van der Waals surface area contributed by atoms with Crippen LogP contribution in [0.5, 0.6) is 0 Å². The van der Waals surface area contributed by atoms with Crippen molar-refractivity contribution in [3.8, 4) is 23.7 Å². The summed E-state index contributed by atoms with van der Waals surface area (Å²) in [5.74, 6) is 11.0. The van der Waals surface area contributed by atoms with E-state index in [4.69, 9.17) is 0 Å². The number of hydrogen-bond acceptors (Lipinski definition) is 0. The van der Waals surface area contributed by atoms with Crippen molar-refractivity contribution in [2.75, 3.05) is 0 Å². The maximum absolute atomic E-state index is 2.91. The summed E-state index contributed by atoms with van der Waals surface area (Å²) in [6.07, 6.45) is 2.09. The summed E-state index contributed by atoms with van der Waals surface area (Å²) in [7, 11) is 0. The van der Waals surface area contributed by atoms with Crippen LogP contribution in [0, 0.1) is 23.7 Å². The van der Waals surface area contributed by atoms with Crippen LogP contribution in [-0.4, -0.2) is 0 Å². The van der Waals surface area contributed by atoms with Crippen molar-refractivity contribution in [3.05, 3.63) is 0 Å². The minimum Gasteiger partial charge on any atom is -0.0925 e. The molecule has 0 saturated heterocycles. The van der Waals surface area contributed by atoms with E-state index in [2.05, 4.69) is 30.6 Å². The van der Waals surface area contributed by atoms with E-state index in [1.807, 2.05) is 0 Å². The summed E-state index contributed by atoms with van der Waals surface area (Å²) in [6, 6.07) is 0. The highest BCUT2D eigenvalue weighted by atomic mass is 13.7. The zero-order valence-electron chi connectivity index (χ0n) is 5.41. The topological polar surface area (TPSA) is 0 Å². The molecule has 0 bridgehead atoms. The first-order valence-electron chi connectivity index (χ1n) is 2.81. The Labute approximate surface area is 51.3 Å². The van der Waals surface area contributed by atoms with Crippen LogP contribution in [0.1, 0.15) is 26.7 Å². The summed E-state index contributed by atoms with van der Waals surface area (Å²) in [4.78, 5) is 0. The van der Waals surface area contributed by atoms with Gasteiger partial charge in [-0.3, -0.25) is 0 Å². The van der Waals surface area contributed by atoms with Crippen LogP contribution in [0.3, 0.4) is 0 Å². The van der Waals surface area contributed by atoms with Gasteiger partial charge >= 0.3 is 0 Å². The SMILES string of the molecule is CC#CC#CCCC. The van der Waals surface area contributed by atoms with Crippen molar-refractivity contribution in [1.82, 2.24) is 0 Å². The van der Waals surface area contributed by atoms with Crippen LogP contribution < -0.4 is 0 Å². The second-order valence-corrected chi connectivity index (χ2v) is 1.43. The molecule has 0 fully saturated rings. The second kappa shape index (κ2) is 6.12. The van der Waals surface area contributed by atoms with Crippen molar-refractivity contribution in [2.45, 2.75) is 26.7 Å². The van der Waals surface area contributed by atoms with E-state index in [9.17, 15) is 0 Å². The van der Waals surface area contributed by atoms with Crippen molar-refractivity contribution >= 4 is 0 Å². The van der Waals surface area contributed by atoms with Gasteiger partial charge in [0, 0.05) is 6.42 Å². The lowest BCUT2D eigenvalue weighted by molar-refractivity contribution is 0.983. The lowest BCUT2D eigenvalue weighted by Crippen LogP contribution is -1.58. The first-order valence-corrected chi connectivity index (χ1v) is 2.81. The van der Waals surface area contributed by atoms with E-state index in [-0.39, 0.29) is 0 Å². The summed E-state index contributed by atoms with van der Waals surface area (Å²) in [5.41, 5.74) is 0. The van der Waals surface area contributed by atoms with Gasteiger partial charge in [-0.2, -0.15) is 0 Å². The van der Waals surface area contributed by atoms with Crippen molar-refractivity contribution in [3.63, 3.8) is 0 Å². The lowest BCUT2D eigenvalue weighted by atomic mass is 10.3. The predicted octanol–water partition coefficient (Wildman–Crippen LogP) is 1.81. The van der Waals surface area contributed by atoms with Crippen LogP contribution in [0.4, 0.5) is 0 Å². The maximum atomic E-state index is 2.91. The standard InChI is InChI=1S/C8H10/c1-3-5-7-8-6-4-2/h3,5H2,1-2H3. The van der Waals surface area contributed by atoms with Gasteiger partial charge in [-0.15, -0.1) is 0 Å². The van der Waals surface area contributed by atoms with Gasteiger partial charge in [0.1, 0.15) is 0 Å². The van der Waals surface area contributed by atoms with E-state index in [0.29, 0.717) is 0 Å². The molecule has 0 aromatic heterocycles. The van der Waals surface area contributed by atoms with Gasteiger partial charge in [0.15, 0.2) is 0 Å². The Morgan fingerprint density at radius 2 is 2.00 bits per heavy atom. The molecule has 0 aliphatic heterocycles. The molecule has 0 atom stereocenters. The van der Waals surface area contributed by atoms with Crippen LogP contribution >= 0.6 is 0 Å². The molecule has 0 aromatic carbocycles. The summed E-state index contributed by atoms with van der Waals surface area (Å²) < 4.78 is 0. The fraction of sp³-hybridized carbons (Fsp3) is 0.500. The molecule has 0 aromatic rings. The zero-order valence-corrected chi connectivity index (χ0v) is 5.41. The Morgan fingerprint density at radius 3 is 2.50 bits per heavy atom. The molecule has 42 valence electrons. The Morgan fingerprint density at radius 1 is 1.25 bits per heavy atom. The third-order valence-corrected chi connectivity index (χ3v) is 0.651. The van der Waals surface area contributed by atoms with Gasteiger partial charge in [-0.1, -0.05) is 18.8 Å². The second-order valence-electron chi connectivity index (χ2n) is 1.43. The highest BCUT2D eigenvalue weighted by molar-refractivity contribution is 5.24. The van der Waals surface area contributed by atoms with Gasteiger partial charge in [0.2, 0.25) is 0 Å². The average molecular weight is 106 g/mol. The highest BCUT2D eigenvalue weighted by Crippen LogP contribution is 1.79. The molecule has 0 heteroatoms. The van der Waals surface area contributed by atoms with E-state index in [1.54, 1.807) is 6.92 Å². The first-order chi connectivity index (χ1) is 3.91. The molecule has 0 aliphatic rings. The van der Waals surface area contributed by atoms with Crippen LogP contribution in [0.25, 0.3) is 0 Å². The first kappa shape index (κ1) is 7.12. The maximum Gasteiger partial charge on any atom is 0.00963 e. The molecular weight excluding hydrogens is 96.1 g/mol. The largest absolute Gasteiger partial charge is 0.0925 e. The Balaban J connectivity index is 3.31. The molecule has 0 spiro atoms. The summed E-state index contributed by atoms with van der Waals surface area (Å²) in [6.45, 7) is 3.90. The minimum absolute atomic E-state index is 0.967. The van der Waals surface area contributed by atoms with Crippen molar-refractivity contribution in [2.24, 2.45) is 0 Å². The number of hydrogen-bond donors (Lipinski definition) is 0. The van der Waals surface area contributed by atoms with E-state index in [0.717, 1.165) is 12.8 Å². The summed E-state index contributed by atoms with van der Waals surface area (Å²) >= 11 is 0. The minimum atomic E-state index is 0.967. The lowest BCUT2D eigenvalue weighted by Gasteiger charge is -1.71. The average Bonchev–Trinajstić information content (AvgIpc) is 1.81. The highest BCUT2D eigenvalue weighted by Gasteiger charge is 1.65. The molecular formula is C8H10. The molecule has 0 saturated carbocycles. The smallest absolute Gasteiger partial charge is 0.00963 e. The quantitative estimate of drug-likeness (QED) is 0.447. The van der Waals surface area contributed by atoms with E-state index >= 15 is 0 Å². The normalized spacial score (nSPS) is 5.75. The van der Waals surface area contributed by atoms with Gasteiger partial charge in [0.25, 0.3) is 0 Å². The Hall–Kier alpha value is -0.880. The van der Waals surface area contributed by atoms with Crippen molar-refractivity contribution in [1.29, 1.82) is 0 Å². The Bertz CT molecular complexity index is 144. The van der Waals surface area contributed by atoms with Crippen molar-refractivity contribution < 1.29 is 0 Å². The molecule has 0 N–H and O–H groups in total. The van der Waals surface area contributed by atoms with Gasteiger partial charge in [0.05, 0.1) is 0 Å². The summed E-state index contributed by atoms with van der Waals surface area (Å²) in [5, 5.41) is 0. The van der Waals surface area contributed by atoms with Gasteiger partial charge in [-0.25, -0.2) is 0 Å². The predicted molar refractivity (Wildman–Crippen MR) is 36.1 cm³/mol. The van der Waals surface area contributed by atoms with Crippen LogP contribution in [0.2, 0.25) is 0 Å². The third-order valence-electron chi connectivity index (χ3n) is 0.651. The van der Waals surface area contributed by atoms with Gasteiger partial charge < -0.3 is 0 Å². The van der Waals surface area contributed by atoms with Crippen LogP contribution in [0.15, 0.2) is 0 Å². The van der Waals surface area contributed by atoms with Crippen LogP contribution in [-0.2, 0) is 0 Å². The van der Waals surface area contributed by atoms with E-state index in [1.165, 1.54) is 0 Å². The number of rotatable bonds is 1. The van der Waals surface area contributed by atoms with E-state index < -0.39 is 0 Å². The molecule has 8 heavy (non-hydrogen) atoms. The zero-order chi connectivity index (χ0) is 6.24. The fourth-order valence-corrected chi connectivity index (χ4v) is 0.294.